The van der Waals surface area contributed by atoms with E-state index < -0.39 is 23.6 Å². The molecule has 146 valence electrons. The fraction of sp³-hybridized carbons (Fsp3) is 0.111. The van der Waals surface area contributed by atoms with E-state index in [2.05, 4.69) is 4.98 Å². The van der Waals surface area contributed by atoms with Gasteiger partial charge in [-0.15, -0.1) is 11.3 Å². The van der Waals surface area contributed by atoms with E-state index in [1.807, 2.05) is 0 Å². The number of primary amides is 1. The number of methoxy groups -OCH3 is 1. The van der Waals surface area contributed by atoms with Gasteiger partial charge >= 0.3 is 12.2 Å². The van der Waals surface area contributed by atoms with Gasteiger partial charge in [-0.3, -0.25) is 0 Å². The monoisotopic (exact) mass is 411 g/mol. The first-order valence-electron chi connectivity index (χ1n) is 7.77. The second-order valence-corrected chi connectivity index (χ2v) is 6.41. The van der Waals surface area contributed by atoms with Crippen molar-refractivity contribution in [2.24, 2.45) is 5.73 Å². The van der Waals surface area contributed by atoms with Crippen LogP contribution in [-0.2, 0) is 6.18 Å². The molecule has 0 atom stereocenters. The fourth-order valence-electron chi connectivity index (χ4n) is 2.51. The van der Waals surface area contributed by atoms with Crippen molar-refractivity contribution in [1.82, 2.24) is 4.98 Å². The van der Waals surface area contributed by atoms with Gasteiger partial charge in [0.15, 0.2) is 5.13 Å². The van der Waals surface area contributed by atoms with Crippen LogP contribution in [0.5, 0.6) is 5.75 Å². The minimum absolute atomic E-state index is 0.0742. The van der Waals surface area contributed by atoms with Crippen LogP contribution >= 0.6 is 11.3 Å². The molecule has 1 aromatic heterocycles. The maximum atomic E-state index is 13.3. The summed E-state index contributed by atoms with van der Waals surface area (Å²) in [6.45, 7) is 0. The number of hydrogen-bond acceptors (Lipinski definition) is 4. The predicted molar refractivity (Wildman–Crippen MR) is 97.2 cm³/mol. The average Bonchev–Trinajstić information content (AvgIpc) is 3.11. The van der Waals surface area contributed by atoms with E-state index in [-0.39, 0.29) is 16.6 Å². The number of benzene rings is 2. The van der Waals surface area contributed by atoms with Crippen LogP contribution in [0.25, 0.3) is 11.3 Å². The molecular formula is C18H13F4N3O2S. The number of carbonyl (C=O) groups is 1. The lowest BCUT2D eigenvalue weighted by molar-refractivity contribution is -0.138. The number of rotatable bonds is 4. The molecule has 2 amide bonds. The van der Waals surface area contributed by atoms with Gasteiger partial charge in [-0.05, 0) is 42.5 Å². The Labute approximate surface area is 161 Å². The zero-order valence-electron chi connectivity index (χ0n) is 14.3. The summed E-state index contributed by atoms with van der Waals surface area (Å²) in [5.41, 5.74) is 5.24. The number of amides is 2. The number of urea groups is 1. The van der Waals surface area contributed by atoms with E-state index in [1.165, 1.54) is 30.3 Å². The first-order chi connectivity index (χ1) is 13.2. The number of alkyl halides is 3. The Kier molecular flexibility index (Phi) is 5.23. The van der Waals surface area contributed by atoms with Crippen molar-refractivity contribution in [1.29, 1.82) is 0 Å². The molecular weight excluding hydrogens is 398 g/mol. The van der Waals surface area contributed by atoms with Gasteiger partial charge in [0.05, 0.1) is 24.1 Å². The maximum absolute atomic E-state index is 13.3. The molecule has 28 heavy (non-hydrogen) atoms. The summed E-state index contributed by atoms with van der Waals surface area (Å²) >= 11 is 1.01. The fourth-order valence-corrected chi connectivity index (χ4v) is 3.37. The molecule has 0 aliphatic carbocycles. The quantitative estimate of drug-likeness (QED) is 0.601. The van der Waals surface area contributed by atoms with E-state index >= 15 is 0 Å². The molecule has 0 bridgehead atoms. The minimum atomic E-state index is -4.69. The van der Waals surface area contributed by atoms with Crippen LogP contribution < -0.4 is 15.4 Å². The second kappa shape index (κ2) is 7.47. The van der Waals surface area contributed by atoms with Crippen LogP contribution in [0.3, 0.4) is 0 Å². The van der Waals surface area contributed by atoms with Gasteiger partial charge in [0, 0.05) is 10.9 Å². The van der Waals surface area contributed by atoms with E-state index in [0.29, 0.717) is 11.3 Å². The van der Waals surface area contributed by atoms with Crippen molar-refractivity contribution >= 4 is 28.2 Å². The van der Waals surface area contributed by atoms with E-state index in [9.17, 15) is 22.4 Å². The van der Waals surface area contributed by atoms with Gasteiger partial charge in [-0.2, -0.15) is 13.2 Å². The summed E-state index contributed by atoms with van der Waals surface area (Å²) < 4.78 is 57.7. The number of ether oxygens (including phenoxy) is 1. The summed E-state index contributed by atoms with van der Waals surface area (Å²) in [7, 11) is 1.12. The molecule has 3 aromatic rings. The average molecular weight is 411 g/mol. The van der Waals surface area contributed by atoms with Crippen molar-refractivity contribution in [3.05, 3.63) is 59.2 Å². The molecule has 0 unspecified atom stereocenters. The van der Waals surface area contributed by atoms with Gasteiger partial charge in [-0.1, -0.05) is 0 Å². The molecule has 3 rings (SSSR count). The van der Waals surface area contributed by atoms with E-state index in [4.69, 9.17) is 10.5 Å². The minimum Gasteiger partial charge on any atom is -0.496 e. The van der Waals surface area contributed by atoms with Crippen LogP contribution in [0, 0.1) is 5.82 Å². The molecule has 0 spiro atoms. The lowest BCUT2D eigenvalue weighted by Crippen LogP contribution is -2.31. The highest BCUT2D eigenvalue weighted by molar-refractivity contribution is 7.14. The SMILES string of the molecule is COc1ccc(N(C(N)=O)c2nc(-c3ccc(F)cc3)cs2)cc1C(F)(F)F. The molecule has 0 aliphatic rings. The Morgan fingerprint density at radius 1 is 1.18 bits per heavy atom. The van der Waals surface area contributed by atoms with Crippen molar-refractivity contribution in [2.75, 3.05) is 12.0 Å². The van der Waals surface area contributed by atoms with E-state index in [1.54, 1.807) is 5.38 Å². The Balaban J connectivity index is 2.04. The third kappa shape index (κ3) is 3.91. The van der Waals surface area contributed by atoms with Crippen molar-refractivity contribution < 1.29 is 27.1 Å². The highest BCUT2D eigenvalue weighted by Gasteiger charge is 2.35. The van der Waals surface area contributed by atoms with Crippen LogP contribution in [0.1, 0.15) is 5.56 Å². The van der Waals surface area contributed by atoms with Gasteiger partial charge in [0.25, 0.3) is 0 Å². The molecule has 10 heteroatoms. The first-order valence-corrected chi connectivity index (χ1v) is 8.65. The third-order valence-corrected chi connectivity index (χ3v) is 4.62. The Hall–Kier alpha value is -3.14. The number of halogens is 4. The molecule has 0 fully saturated rings. The lowest BCUT2D eigenvalue weighted by Gasteiger charge is -2.20. The van der Waals surface area contributed by atoms with Crippen LogP contribution in [0.4, 0.5) is 33.2 Å². The summed E-state index contributed by atoms with van der Waals surface area (Å²) in [4.78, 5) is 17.1. The lowest BCUT2D eigenvalue weighted by atomic mass is 10.1. The number of carbonyl (C=O) groups excluding carboxylic acids is 1. The van der Waals surface area contributed by atoms with Crippen LogP contribution in [0.15, 0.2) is 47.8 Å². The largest absolute Gasteiger partial charge is 0.496 e. The molecule has 0 radical (unpaired) electrons. The highest BCUT2D eigenvalue weighted by Crippen LogP contribution is 2.40. The maximum Gasteiger partial charge on any atom is 0.420 e. The number of nitrogens with two attached hydrogens (primary N) is 1. The zero-order chi connectivity index (χ0) is 20.5. The molecule has 1 heterocycles. The van der Waals surface area contributed by atoms with Gasteiger partial charge < -0.3 is 10.5 Å². The normalized spacial score (nSPS) is 11.3. The molecule has 0 aliphatic heterocycles. The first kappa shape index (κ1) is 19.6. The van der Waals surface area contributed by atoms with Crippen molar-refractivity contribution in [2.45, 2.75) is 6.18 Å². The Morgan fingerprint density at radius 2 is 1.86 bits per heavy atom. The van der Waals surface area contributed by atoms with Crippen molar-refractivity contribution in [3.63, 3.8) is 0 Å². The molecule has 2 aromatic carbocycles. The topological polar surface area (TPSA) is 68.5 Å². The predicted octanol–water partition coefficient (Wildman–Crippen LogP) is 5.19. The van der Waals surface area contributed by atoms with Crippen LogP contribution in [-0.4, -0.2) is 18.1 Å². The van der Waals surface area contributed by atoms with Crippen LogP contribution in [0.2, 0.25) is 0 Å². The number of hydrogen-bond donors (Lipinski definition) is 1. The number of thiazole rings is 1. The van der Waals surface area contributed by atoms with Gasteiger partial charge in [0.2, 0.25) is 0 Å². The standard InChI is InChI=1S/C18H13F4N3O2S/c1-27-15-7-6-12(8-13(15)18(20,21)22)25(16(23)26)17-24-14(9-28-17)10-2-4-11(19)5-3-10/h2-9H,1H3,(H2,23,26). The van der Waals surface area contributed by atoms with Gasteiger partial charge in [-0.25, -0.2) is 19.1 Å². The Bertz CT molecular complexity index is 1000. The molecule has 2 N–H and O–H groups in total. The summed E-state index contributed by atoms with van der Waals surface area (Å²) in [5.74, 6) is -0.803. The Morgan fingerprint density at radius 3 is 2.43 bits per heavy atom. The second-order valence-electron chi connectivity index (χ2n) is 5.58. The third-order valence-electron chi connectivity index (χ3n) is 3.79. The van der Waals surface area contributed by atoms with Crippen molar-refractivity contribution in [3.8, 4) is 17.0 Å². The highest BCUT2D eigenvalue weighted by atomic mass is 32.1. The molecule has 5 nitrogen and oxygen atoms in total. The number of nitrogens with zero attached hydrogens (tertiary/aromatic N) is 2. The summed E-state index contributed by atoms with van der Waals surface area (Å²) in [6, 6.07) is 7.63. The molecule has 0 saturated carbocycles. The summed E-state index contributed by atoms with van der Waals surface area (Å²) in [5, 5.41) is 1.66. The molecule has 0 saturated heterocycles. The van der Waals surface area contributed by atoms with Gasteiger partial charge in [0.1, 0.15) is 11.6 Å². The number of aromatic nitrogens is 1. The van der Waals surface area contributed by atoms with E-state index in [0.717, 1.165) is 35.5 Å². The zero-order valence-corrected chi connectivity index (χ0v) is 15.1. The summed E-state index contributed by atoms with van der Waals surface area (Å²) in [6.07, 6.45) is -4.69. The smallest absolute Gasteiger partial charge is 0.420 e. The number of anilines is 2.